The average Bonchev–Trinajstić information content (AvgIpc) is 2.37. The zero-order chi connectivity index (χ0) is 14.7. The van der Waals surface area contributed by atoms with Gasteiger partial charge in [-0.25, -0.2) is 4.98 Å². The molecule has 0 radical (unpaired) electrons. The Morgan fingerprint density at radius 2 is 2.05 bits per heavy atom. The van der Waals surface area contributed by atoms with E-state index in [1.165, 1.54) is 12.8 Å². The van der Waals surface area contributed by atoms with Gasteiger partial charge in [-0.3, -0.25) is 0 Å². The molecule has 1 fully saturated rings. The van der Waals surface area contributed by atoms with Gasteiger partial charge in [0.1, 0.15) is 0 Å². The Kier molecular flexibility index (Phi) is 4.81. The first-order valence-corrected chi connectivity index (χ1v) is 7.52. The highest BCUT2D eigenvalue weighted by molar-refractivity contribution is 5.37. The van der Waals surface area contributed by atoms with Crippen LogP contribution in [0.1, 0.15) is 45.7 Å². The maximum absolute atomic E-state index is 6.12. The summed E-state index contributed by atoms with van der Waals surface area (Å²) in [6, 6.07) is 2.32. The zero-order valence-corrected chi connectivity index (χ0v) is 13.0. The quantitative estimate of drug-likeness (QED) is 0.915. The van der Waals surface area contributed by atoms with Gasteiger partial charge in [0.05, 0.1) is 6.10 Å². The van der Waals surface area contributed by atoms with Gasteiger partial charge in [0.2, 0.25) is 11.8 Å². The molecule has 0 saturated carbocycles. The second kappa shape index (κ2) is 6.39. The van der Waals surface area contributed by atoms with E-state index >= 15 is 0 Å². The molecule has 0 amide bonds. The van der Waals surface area contributed by atoms with E-state index in [4.69, 9.17) is 10.5 Å². The number of anilines is 1. The lowest BCUT2D eigenvalue weighted by Crippen LogP contribution is -2.50. The number of aromatic nitrogens is 2. The molecule has 2 unspecified atom stereocenters. The summed E-state index contributed by atoms with van der Waals surface area (Å²) in [5.41, 5.74) is 7.05. The number of rotatable bonds is 4. The largest absolute Gasteiger partial charge is 0.475 e. The molecule has 2 N–H and O–H groups in total. The Morgan fingerprint density at radius 3 is 2.70 bits per heavy atom. The minimum Gasteiger partial charge on any atom is -0.475 e. The van der Waals surface area contributed by atoms with Gasteiger partial charge in [-0.1, -0.05) is 0 Å². The molecule has 0 aliphatic carbocycles. The monoisotopic (exact) mass is 278 g/mol. The highest BCUT2D eigenvalue weighted by Gasteiger charge is 2.27. The Morgan fingerprint density at radius 1 is 1.30 bits per heavy atom. The second-order valence-electron chi connectivity index (χ2n) is 5.93. The van der Waals surface area contributed by atoms with Crippen LogP contribution in [0.25, 0.3) is 0 Å². The fourth-order valence-corrected chi connectivity index (χ4v) is 2.71. The number of hydrogen-bond donors (Lipinski definition) is 1. The Hall–Kier alpha value is -1.36. The standard InChI is InChI=1S/C15H26N4O/c1-10(2)20-14-9-11(3)17-15(18-14)19-8-6-5-7-13(19)12(4)16/h9-10,12-13H,5-8,16H2,1-4H3. The predicted molar refractivity (Wildman–Crippen MR) is 81.2 cm³/mol. The number of hydrogen-bond acceptors (Lipinski definition) is 5. The molecule has 20 heavy (non-hydrogen) atoms. The second-order valence-corrected chi connectivity index (χ2v) is 5.93. The maximum Gasteiger partial charge on any atom is 0.229 e. The fourth-order valence-electron chi connectivity index (χ4n) is 2.71. The van der Waals surface area contributed by atoms with Crippen molar-refractivity contribution in [3.05, 3.63) is 11.8 Å². The van der Waals surface area contributed by atoms with E-state index in [0.717, 1.165) is 24.6 Å². The van der Waals surface area contributed by atoms with Gasteiger partial charge in [0.25, 0.3) is 0 Å². The molecule has 5 nitrogen and oxygen atoms in total. The first kappa shape index (κ1) is 15.0. The summed E-state index contributed by atoms with van der Waals surface area (Å²) in [5, 5.41) is 0. The first-order valence-electron chi connectivity index (χ1n) is 7.52. The third-order valence-corrected chi connectivity index (χ3v) is 3.59. The molecule has 1 aromatic heterocycles. The minimum atomic E-state index is 0.114. The highest BCUT2D eigenvalue weighted by Crippen LogP contribution is 2.25. The van der Waals surface area contributed by atoms with Crippen molar-refractivity contribution in [2.45, 2.75) is 65.1 Å². The van der Waals surface area contributed by atoms with Gasteiger partial charge < -0.3 is 15.4 Å². The van der Waals surface area contributed by atoms with E-state index in [0.29, 0.717) is 11.9 Å². The normalized spacial score (nSPS) is 21.1. The summed E-state index contributed by atoms with van der Waals surface area (Å²) >= 11 is 0. The van der Waals surface area contributed by atoms with E-state index in [1.54, 1.807) is 0 Å². The minimum absolute atomic E-state index is 0.114. The van der Waals surface area contributed by atoms with Crippen LogP contribution in [0, 0.1) is 6.92 Å². The van der Waals surface area contributed by atoms with E-state index in [-0.39, 0.29) is 12.1 Å². The van der Waals surface area contributed by atoms with Crippen molar-refractivity contribution in [1.82, 2.24) is 9.97 Å². The summed E-state index contributed by atoms with van der Waals surface area (Å²) in [5.74, 6) is 1.40. The van der Waals surface area contributed by atoms with E-state index in [1.807, 2.05) is 26.8 Å². The zero-order valence-electron chi connectivity index (χ0n) is 13.0. The molecule has 0 spiro atoms. The third-order valence-electron chi connectivity index (χ3n) is 3.59. The lowest BCUT2D eigenvalue weighted by molar-refractivity contribution is 0.232. The highest BCUT2D eigenvalue weighted by atomic mass is 16.5. The molecule has 2 heterocycles. The number of aryl methyl sites for hydroxylation is 1. The van der Waals surface area contributed by atoms with Crippen molar-refractivity contribution in [2.75, 3.05) is 11.4 Å². The average molecular weight is 278 g/mol. The SMILES string of the molecule is Cc1cc(OC(C)C)nc(N2CCCCC2C(C)N)n1. The number of nitrogens with two attached hydrogens (primary N) is 1. The number of piperidine rings is 1. The summed E-state index contributed by atoms with van der Waals surface area (Å²) in [4.78, 5) is 11.4. The van der Waals surface area contributed by atoms with Crippen molar-refractivity contribution in [1.29, 1.82) is 0 Å². The molecule has 0 bridgehead atoms. The molecular weight excluding hydrogens is 252 g/mol. The van der Waals surface area contributed by atoms with Crippen LogP contribution in [0.15, 0.2) is 6.07 Å². The molecule has 1 aliphatic heterocycles. The van der Waals surface area contributed by atoms with Crippen molar-refractivity contribution >= 4 is 5.95 Å². The van der Waals surface area contributed by atoms with Crippen molar-refractivity contribution < 1.29 is 4.74 Å². The van der Waals surface area contributed by atoms with Gasteiger partial charge in [-0.15, -0.1) is 0 Å². The van der Waals surface area contributed by atoms with E-state index in [9.17, 15) is 0 Å². The van der Waals surface area contributed by atoms with Crippen molar-refractivity contribution in [2.24, 2.45) is 5.73 Å². The Bertz CT molecular complexity index is 447. The predicted octanol–water partition coefficient (Wildman–Crippen LogP) is 2.28. The van der Waals surface area contributed by atoms with Crippen LogP contribution in [0.5, 0.6) is 5.88 Å². The maximum atomic E-state index is 6.12. The van der Waals surface area contributed by atoms with Gasteiger partial charge >= 0.3 is 0 Å². The molecule has 0 aromatic carbocycles. The van der Waals surface area contributed by atoms with Gasteiger partial charge in [0.15, 0.2) is 0 Å². The lowest BCUT2D eigenvalue weighted by atomic mass is 9.97. The van der Waals surface area contributed by atoms with Crippen LogP contribution in [0.4, 0.5) is 5.95 Å². The summed E-state index contributed by atoms with van der Waals surface area (Å²) in [6.45, 7) is 9.01. The van der Waals surface area contributed by atoms with E-state index in [2.05, 4.69) is 21.8 Å². The van der Waals surface area contributed by atoms with Crippen molar-refractivity contribution in [3.8, 4) is 5.88 Å². The van der Waals surface area contributed by atoms with Crippen LogP contribution in [-0.4, -0.2) is 34.7 Å². The lowest BCUT2D eigenvalue weighted by Gasteiger charge is -2.38. The molecule has 1 aromatic rings. The van der Waals surface area contributed by atoms with Crippen molar-refractivity contribution in [3.63, 3.8) is 0 Å². The smallest absolute Gasteiger partial charge is 0.229 e. The van der Waals surface area contributed by atoms with Crippen LogP contribution in [0.3, 0.4) is 0 Å². The molecular formula is C15H26N4O. The molecule has 1 saturated heterocycles. The van der Waals surface area contributed by atoms with Crippen LogP contribution < -0.4 is 15.4 Å². The van der Waals surface area contributed by atoms with Gasteiger partial charge in [0, 0.05) is 30.4 Å². The summed E-state index contributed by atoms with van der Waals surface area (Å²) < 4.78 is 5.71. The molecule has 2 rings (SSSR count). The third kappa shape index (κ3) is 3.60. The molecule has 2 atom stereocenters. The molecule has 1 aliphatic rings. The Labute approximate surface area is 121 Å². The summed E-state index contributed by atoms with van der Waals surface area (Å²) in [7, 11) is 0. The van der Waals surface area contributed by atoms with Crippen LogP contribution >= 0.6 is 0 Å². The first-order chi connectivity index (χ1) is 9.47. The number of nitrogens with zero attached hydrogens (tertiary/aromatic N) is 3. The number of ether oxygens (including phenoxy) is 1. The fraction of sp³-hybridized carbons (Fsp3) is 0.733. The topological polar surface area (TPSA) is 64.3 Å². The summed E-state index contributed by atoms with van der Waals surface area (Å²) in [6.07, 6.45) is 3.61. The van der Waals surface area contributed by atoms with Crippen LogP contribution in [0.2, 0.25) is 0 Å². The Balaban J connectivity index is 2.27. The van der Waals surface area contributed by atoms with E-state index < -0.39 is 0 Å². The molecule has 112 valence electrons. The van der Waals surface area contributed by atoms with Crippen LogP contribution in [-0.2, 0) is 0 Å². The molecule has 5 heteroatoms. The van der Waals surface area contributed by atoms with Gasteiger partial charge in [-0.2, -0.15) is 4.98 Å². The van der Waals surface area contributed by atoms with Gasteiger partial charge in [-0.05, 0) is 47.0 Å².